The van der Waals surface area contributed by atoms with Crippen molar-refractivity contribution in [3.8, 4) is 5.75 Å². The Hall–Kier alpha value is -1.60. The Balaban J connectivity index is 1.96. The molecule has 0 unspecified atom stereocenters. The Bertz CT molecular complexity index is 596. The van der Waals surface area contributed by atoms with Crippen molar-refractivity contribution in [3.63, 3.8) is 0 Å². The molecule has 22 heavy (non-hydrogen) atoms. The van der Waals surface area contributed by atoms with E-state index in [-0.39, 0.29) is 11.8 Å². The first-order valence-electron chi connectivity index (χ1n) is 7.50. The number of hydrogen-bond acceptors (Lipinski definition) is 5. The van der Waals surface area contributed by atoms with Gasteiger partial charge in [0.05, 0.1) is 22.2 Å². The normalized spacial score (nSPS) is 22.6. The molecule has 0 spiro atoms. The van der Waals surface area contributed by atoms with E-state index < -0.39 is 23.2 Å². The first-order chi connectivity index (χ1) is 10.2. The van der Waals surface area contributed by atoms with E-state index in [1.54, 1.807) is 6.07 Å². The molecule has 118 valence electrons. The van der Waals surface area contributed by atoms with Crippen molar-refractivity contribution in [2.45, 2.75) is 57.8 Å². The van der Waals surface area contributed by atoms with Crippen LogP contribution >= 0.6 is 0 Å². The first-order valence-corrected chi connectivity index (χ1v) is 7.50. The average Bonchev–Trinajstić information content (AvgIpc) is 3.17. The van der Waals surface area contributed by atoms with Crippen molar-refractivity contribution < 1.29 is 19.0 Å². The topological polar surface area (TPSA) is 70.8 Å². The van der Waals surface area contributed by atoms with E-state index in [0.29, 0.717) is 11.2 Å². The minimum absolute atomic E-state index is 0.00728. The van der Waals surface area contributed by atoms with Crippen LogP contribution in [0.1, 0.15) is 40.5 Å². The third-order valence-electron chi connectivity index (χ3n) is 4.53. The van der Waals surface area contributed by atoms with Gasteiger partial charge in [-0.1, -0.05) is 0 Å². The maximum absolute atomic E-state index is 11.1. The highest BCUT2D eigenvalue weighted by Gasteiger charge is 2.53. The molecule has 3 rings (SSSR count). The second kappa shape index (κ2) is 4.96. The van der Waals surface area contributed by atoms with Gasteiger partial charge in [0, 0.05) is 17.6 Å². The molecule has 1 aliphatic heterocycles. The van der Waals surface area contributed by atoms with Gasteiger partial charge in [0.15, 0.2) is 0 Å². The van der Waals surface area contributed by atoms with Crippen LogP contribution in [-0.4, -0.2) is 29.3 Å². The van der Waals surface area contributed by atoms with Crippen molar-refractivity contribution in [3.05, 3.63) is 28.3 Å². The zero-order valence-electron chi connectivity index (χ0n) is 13.3. The van der Waals surface area contributed by atoms with Gasteiger partial charge < -0.3 is 14.0 Å². The Kier molecular flexibility index (Phi) is 3.45. The molecule has 0 amide bonds. The lowest BCUT2D eigenvalue weighted by Gasteiger charge is -2.32. The SMILES string of the molecule is CC1(C)OB(c2cc([N+](=O)[O-])ccc2OC2CC2)OC1(C)C. The smallest absolute Gasteiger partial charge is 0.491 e. The monoisotopic (exact) mass is 305 g/mol. The number of nitro groups is 1. The predicted octanol–water partition coefficient (Wildman–Crippen LogP) is 2.44. The van der Waals surface area contributed by atoms with Crippen LogP contribution in [0.5, 0.6) is 5.75 Å². The fraction of sp³-hybridized carbons (Fsp3) is 0.600. The molecule has 7 heteroatoms. The summed E-state index contributed by atoms with van der Waals surface area (Å²) >= 11 is 0. The molecular formula is C15H20BNO5. The zero-order chi connectivity index (χ0) is 16.1. The van der Waals surface area contributed by atoms with Gasteiger partial charge >= 0.3 is 7.12 Å². The Morgan fingerprint density at radius 1 is 1.23 bits per heavy atom. The summed E-state index contributed by atoms with van der Waals surface area (Å²) in [5.41, 5.74) is -0.411. The Morgan fingerprint density at radius 3 is 2.32 bits per heavy atom. The van der Waals surface area contributed by atoms with Crippen molar-refractivity contribution in [2.24, 2.45) is 0 Å². The standard InChI is InChI=1S/C15H20BNO5/c1-14(2)15(3,4)22-16(21-14)12-9-10(17(18)19)5-8-13(12)20-11-6-7-11/h5,8-9,11H,6-7H2,1-4H3. The molecule has 1 saturated carbocycles. The molecule has 2 aliphatic rings. The lowest BCUT2D eigenvalue weighted by atomic mass is 9.78. The first kappa shape index (κ1) is 15.3. The number of benzene rings is 1. The van der Waals surface area contributed by atoms with Crippen molar-refractivity contribution in [1.82, 2.24) is 0 Å². The fourth-order valence-corrected chi connectivity index (χ4v) is 2.28. The van der Waals surface area contributed by atoms with E-state index in [1.165, 1.54) is 12.1 Å². The van der Waals surface area contributed by atoms with Crippen LogP contribution in [0.4, 0.5) is 5.69 Å². The van der Waals surface area contributed by atoms with E-state index in [4.69, 9.17) is 14.0 Å². The zero-order valence-corrected chi connectivity index (χ0v) is 13.3. The van der Waals surface area contributed by atoms with Gasteiger partial charge in [0.1, 0.15) is 5.75 Å². The van der Waals surface area contributed by atoms with Crippen LogP contribution in [0, 0.1) is 10.1 Å². The van der Waals surface area contributed by atoms with E-state index >= 15 is 0 Å². The number of rotatable bonds is 4. The molecule has 1 aliphatic carbocycles. The average molecular weight is 305 g/mol. The van der Waals surface area contributed by atoms with E-state index in [2.05, 4.69) is 0 Å². The molecule has 1 aromatic rings. The molecule has 0 radical (unpaired) electrons. The van der Waals surface area contributed by atoms with Crippen LogP contribution in [0.25, 0.3) is 0 Å². The number of ether oxygens (including phenoxy) is 1. The number of nitro benzene ring substituents is 1. The van der Waals surface area contributed by atoms with Crippen molar-refractivity contribution in [2.75, 3.05) is 0 Å². The summed E-state index contributed by atoms with van der Waals surface area (Å²) < 4.78 is 17.9. The highest BCUT2D eigenvalue weighted by Crippen LogP contribution is 2.38. The lowest BCUT2D eigenvalue weighted by Crippen LogP contribution is -2.41. The summed E-state index contributed by atoms with van der Waals surface area (Å²) in [6, 6.07) is 4.57. The van der Waals surface area contributed by atoms with Crippen LogP contribution in [0.15, 0.2) is 18.2 Å². The molecule has 6 nitrogen and oxygen atoms in total. The highest BCUT2D eigenvalue weighted by atomic mass is 16.7. The Labute approximate surface area is 130 Å². The third-order valence-corrected chi connectivity index (χ3v) is 4.53. The van der Waals surface area contributed by atoms with E-state index in [9.17, 15) is 10.1 Å². The van der Waals surface area contributed by atoms with Gasteiger partial charge in [0.25, 0.3) is 5.69 Å². The molecule has 1 saturated heterocycles. The maximum Gasteiger partial charge on any atom is 0.498 e. The quantitative estimate of drug-likeness (QED) is 0.485. The van der Waals surface area contributed by atoms with E-state index in [0.717, 1.165) is 12.8 Å². The number of hydrogen-bond donors (Lipinski definition) is 0. The molecule has 0 aromatic heterocycles. The lowest BCUT2D eigenvalue weighted by molar-refractivity contribution is -0.384. The molecule has 0 N–H and O–H groups in total. The summed E-state index contributed by atoms with van der Waals surface area (Å²) in [6.07, 6.45) is 2.22. The molecule has 0 bridgehead atoms. The second-order valence-corrected chi connectivity index (χ2v) is 6.88. The molecule has 2 fully saturated rings. The minimum Gasteiger partial charge on any atom is -0.491 e. The Morgan fingerprint density at radius 2 is 1.82 bits per heavy atom. The summed E-state index contributed by atoms with van der Waals surface area (Å²) in [6.45, 7) is 7.80. The largest absolute Gasteiger partial charge is 0.498 e. The van der Waals surface area contributed by atoms with Gasteiger partial charge in [-0.15, -0.1) is 0 Å². The van der Waals surface area contributed by atoms with Gasteiger partial charge in [-0.3, -0.25) is 10.1 Å². The van der Waals surface area contributed by atoms with Crippen molar-refractivity contribution in [1.29, 1.82) is 0 Å². The molecular weight excluding hydrogens is 285 g/mol. The van der Waals surface area contributed by atoms with Gasteiger partial charge in [0.2, 0.25) is 0 Å². The maximum atomic E-state index is 11.1. The summed E-state index contributed by atoms with van der Waals surface area (Å²) in [7, 11) is -0.668. The molecule has 1 heterocycles. The summed E-state index contributed by atoms with van der Waals surface area (Å²) in [5.74, 6) is 0.603. The van der Waals surface area contributed by atoms with Gasteiger partial charge in [-0.05, 0) is 46.6 Å². The highest BCUT2D eigenvalue weighted by molar-refractivity contribution is 6.63. The third kappa shape index (κ3) is 2.70. The van der Waals surface area contributed by atoms with Crippen LogP contribution in [-0.2, 0) is 9.31 Å². The second-order valence-electron chi connectivity index (χ2n) is 6.88. The fourth-order valence-electron chi connectivity index (χ4n) is 2.28. The molecule has 1 aromatic carbocycles. The number of nitrogens with zero attached hydrogens (tertiary/aromatic N) is 1. The minimum atomic E-state index is -0.668. The van der Waals surface area contributed by atoms with E-state index in [1.807, 2.05) is 27.7 Å². The van der Waals surface area contributed by atoms with Crippen LogP contribution in [0.2, 0.25) is 0 Å². The van der Waals surface area contributed by atoms with Crippen LogP contribution < -0.4 is 10.2 Å². The van der Waals surface area contributed by atoms with Crippen LogP contribution in [0.3, 0.4) is 0 Å². The van der Waals surface area contributed by atoms with Crippen molar-refractivity contribution >= 4 is 18.3 Å². The summed E-state index contributed by atoms with van der Waals surface area (Å²) in [5, 5.41) is 11.1. The predicted molar refractivity (Wildman–Crippen MR) is 82.5 cm³/mol. The molecule has 0 atom stereocenters. The van der Waals surface area contributed by atoms with Gasteiger partial charge in [-0.2, -0.15) is 0 Å². The summed E-state index contributed by atoms with van der Waals surface area (Å²) in [4.78, 5) is 10.6. The number of non-ortho nitro benzene ring substituents is 1. The van der Waals surface area contributed by atoms with Gasteiger partial charge in [-0.25, -0.2) is 0 Å².